The molecular weight excluding hydrogens is 322 g/mol. The summed E-state index contributed by atoms with van der Waals surface area (Å²) in [7, 11) is -1.04. The van der Waals surface area contributed by atoms with Crippen molar-refractivity contribution >= 4 is 16.0 Å². The lowest BCUT2D eigenvalue weighted by Gasteiger charge is -2.32. The lowest BCUT2D eigenvalue weighted by molar-refractivity contribution is -0.142. The highest BCUT2D eigenvalue weighted by Crippen LogP contribution is 2.35. The van der Waals surface area contributed by atoms with E-state index in [1.807, 2.05) is 0 Å². The number of methoxy groups -OCH3 is 2. The second-order valence-electron chi connectivity index (χ2n) is 5.44. The van der Waals surface area contributed by atoms with Gasteiger partial charge in [0.15, 0.2) is 11.5 Å². The van der Waals surface area contributed by atoms with Gasteiger partial charge < -0.3 is 14.6 Å². The Hall–Kier alpha value is -1.80. The summed E-state index contributed by atoms with van der Waals surface area (Å²) in [6.45, 7) is 1.85. The molecule has 0 radical (unpaired) electrons. The molecule has 8 heteroatoms. The zero-order valence-electron chi connectivity index (χ0n) is 13.4. The average molecular weight is 343 g/mol. The largest absolute Gasteiger partial charge is 0.493 e. The number of aryl methyl sites for hydroxylation is 1. The van der Waals surface area contributed by atoms with Crippen molar-refractivity contribution < 1.29 is 27.8 Å². The molecule has 0 saturated carbocycles. The van der Waals surface area contributed by atoms with Crippen molar-refractivity contribution in [2.45, 2.75) is 37.1 Å². The van der Waals surface area contributed by atoms with Gasteiger partial charge in [-0.2, -0.15) is 4.31 Å². The van der Waals surface area contributed by atoms with E-state index >= 15 is 0 Å². The van der Waals surface area contributed by atoms with Crippen LogP contribution in [-0.2, 0) is 14.8 Å². The molecule has 1 aromatic carbocycles. The van der Waals surface area contributed by atoms with Crippen molar-refractivity contribution in [3.63, 3.8) is 0 Å². The molecule has 1 aliphatic heterocycles. The first-order chi connectivity index (χ1) is 10.8. The van der Waals surface area contributed by atoms with Gasteiger partial charge in [0.2, 0.25) is 10.0 Å². The molecule has 1 heterocycles. The number of hydrogen-bond donors (Lipinski definition) is 1. The van der Waals surface area contributed by atoms with Crippen molar-refractivity contribution in [3.05, 3.63) is 17.7 Å². The molecule has 2 rings (SSSR count). The summed E-state index contributed by atoms with van der Waals surface area (Å²) in [5, 5.41) is 9.32. The van der Waals surface area contributed by atoms with Crippen LogP contribution in [0.2, 0.25) is 0 Å². The van der Waals surface area contributed by atoms with Crippen LogP contribution in [0, 0.1) is 6.92 Å². The fourth-order valence-corrected chi connectivity index (χ4v) is 4.68. The van der Waals surface area contributed by atoms with Crippen LogP contribution in [0.5, 0.6) is 11.5 Å². The van der Waals surface area contributed by atoms with Gasteiger partial charge >= 0.3 is 5.97 Å². The van der Waals surface area contributed by atoms with Crippen molar-refractivity contribution in [1.29, 1.82) is 0 Å². The van der Waals surface area contributed by atoms with Gasteiger partial charge in [-0.15, -0.1) is 0 Å². The molecule has 1 aliphatic rings. The Balaban J connectivity index is 2.52. The average Bonchev–Trinajstić information content (AvgIpc) is 2.54. The fraction of sp³-hybridized carbons (Fsp3) is 0.533. The zero-order valence-corrected chi connectivity index (χ0v) is 14.2. The first-order valence-electron chi connectivity index (χ1n) is 7.30. The minimum atomic E-state index is -3.93. The quantitative estimate of drug-likeness (QED) is 0.873. The summed E-state index contributed by atoms with van der Waals surface area (Å²) in [4.78, 5) is 11.4. The first-order valence-corrected chi connectivity index (χ1v) is 8.74. The molecule has 0 bridgehead atoms. The van der Waals surface area contributed by atoms with Crippen LogP contribution in [0.25, 0.3) is 0 Å². The van der Waals surface area contributed by atoms with E-state index in [-0.39, 0.29) is 11.4 Å². The van der Waals surface area contributed by atoms with Gasteiger partial charge in [-0.1, -0.05) is 0 Å². The molecule has 1 aromatic rings. The van der Waals surface area contributed by atoms with E-state index in [2.05, 4.69) is 0 Å². The SMILES string of the molecule is COc1cc(C)c(S(=O)(=O)N2CCCC[C@H]2C(=O)O)cc1OC. The summed E-state index contributed by atoms with van der Waals surface area (Å²) in [5.74, 6) is -0.399. The molecule has 1 fully saturated rings. The Kier molecular flexibility index (Phi) is 5.16. The number of carboxylic acids is 1. The predicted molar refractivity (Wildman–Crippen MR) is 83.4 cm³/mol. The Labute approximate surface area is 135 Å². The molecule has 0 unspecified atom stereocenters. The zero-order chi connectivity index (χ0) is 17.2. The van der Waals surface area contributed by atoms with Crippen LogP contribution in [-0.4, -0.2) is 50.6 Å². The first kappa shape index (κ1) is 17.6. The smallest absolute Gasteiger partial charge is 0.322 e. The van der Waals surface area contributed by atoms with Crippen molar-refractivity contribution in [1.82, 2.24) is 4.31 Å². The number of carbonyl (C=O) groups is 1. The number of nitrogens with zero attached hydrogens (tertiary/aromatic N) is 1. The van der Waals surface area contributed by atoms with Gasteiger partial charge in [-0.05, 0) is 37.8 Å². The van der Waals surface area contributed by atoms with Gasteiger partial charge in [0.1, 0.15) is 6.04 Å². The maximum Gasteiger partial charge on any atom is 0.322 e. The number of sulfonamides is 1. The number of aliphatic carboxylic acids is 1. The summed E-state index contributed by atoms with van der Waals surface area (Å²) in [6.07, 6.45) is 1.67. The number of hydrogen-bond acceptors (Lipinski definition) is 5. The van der Waals surface area contributed by atoms with Crippen molar-refractivity contribution in [2.75, 3.05) is 20.8 Å². The summed E-state index contributed by atoms with van der Waals surface area (Å²) >= 11 is 0. The Morgan fingerprint density at radius 2 is 1.83 bits per heavy atom. The molecule has 0 spiro atoms. The maximum atomic E-state index is 13.0. The van der Waals surface area contributed by atoms with Gasteiger partial charge in [0.05, 0.1) is 19.1 Å². The second-order valence-corrected chi connectivity index (χ2v) is 7.30. The second kappa shape index (κ2) is 6.76. The normalized spacial score (nSPS) is 19.3. The van der Waals surface area contributed by atoms with Crippen LogP contribution in [0.4, 0.5) is 0 Å². The lowest BCUT2D eigenvalue weighted by Crippen LogP contribution is -2.47. The molecular formula is C15H21NO6S. The molecule has 1 atom stereocenters. The van der Waals surface area contributed by atoms with Crippen LogP contribution >= 0.6 is 0 Å². The predicted octanol–water partition coefficient (Wildman–Crippen LogP) is 1.64. The topological polar surface area (TPSA) is 93.1 Å². The van der Waals surface area contributed by atoms with E-state index in [9.17, 15) is 18.3 Å². The van der Waals surface area contributed by atoms with E-state index in [0.29, 0.717) is 36.3 Å². The monoisotopic (exact) mass is 343 g/mol. The van der Waals surface area contributed by atoms with Crippen molar-refractivity contribution in [3.8, 4) is 11.5 Å². The van der Waals surface area contributed by atoms with Crippen LogP contribution in [0.1, 0.15) is 24.8 Å². The lowest BCUT2D eigenvalue weighted by atomic mass is 10.1. The molecule has 7 nitrogen and oxygen atoms in total. The Morgan fingerprint density at radius 3 is 2.39 bits per heavy atom. The molecule has 0 amide bonds. The highest BCUT2D eigenvalue weighted by molar-refractivity contribution is 7.89. The van der Waals surface area contributed by atoms with E-state index in [1.165, 1.54) is 20.3 Å². The molecule has 128 valence electrons. The van der Waals surface area contributed by atoms with Crippen molar-refractivity contribution in [2.24, 2.45) is 0 Å². The van der Waals surface area contributed by atoms with E-state index in [4.69, 9.17) is 9.47 Å². The number of rotatable bonds is 5. The van der Waals surface area contributed by atoms with Crippen LogP contribution < -0.4 is 9.47 Å². The van der Waals surface area contributed by atoms with E-state index in [1.54, 1.807) is 13.0 Å². The third-order valence-corrected chi connectivity index (χ3v) is 6.06. The molecule has 1 N–H and O–H groups in total. The van der Waals surface area contributed by atoms with Gasteiger partial charge in [-0.3, -0.25) is 4.79 Å². The highest BCUT2D eigenvalue weighted by atomic mass is 32.2. The molecule has 23 heavy (non-hydrogen) atoms. The van der Waals surface area contributed by atoms with Gasteiger partial charge in [-0.25, -0.2) is 8.42 Å². The van der Waals surface area contributed by atoms with Gasteiger partial charge in [0, 0.05) is 12.6 Å². The molecule has 0 aliphatic carbocycles. The van der Waals surface area contributed by atoms with Crippen LogP contribution in [0.15, 0.2) is 17.0 Å². The third kappa shape index (κ3) is 3.28. The van der Waals surface area contributed by atoms with E-state index < -0.39 is 22.0 Å². The number of benzene rings is 1. The minimum Gasteiger partial charge on any atom is -0.493 e. The standard InChI is InChI=1S/C15H21NO6S/c1-10-8-12(21-2)13(22-3)9-14(10)23(19,20)16-7-5-4-6-11(16)15(17)18/h8-9,11H,4-7H2,1-3H3,(H,17,18)/t11-/m0/s1. The summed E-state index contributed by atoms with van der Waals surface area (Å²) in [5.41, 5.74) is 0.484. The maximum absolute atomic E-state index is 13.0. The fourth-order valence-electron chi connectivity index (χ4n) is 2.81. The summed E-state index contributed by atoms with van der Waals surface area (Å²) in [6, 6.07) is 1.93. The molecule has 0 aromatic heterocycles. The summed E-state index contributed by atoms with van der Waals surface area (Å²) < 4.78 is 37.3. The third-order valence-electron chi connectivity index (χ3n) is 4.01. The minimum absolute atomic E-state index is 0.0447. The number of carboxylic acid groups (broad SMARTS) is 1. The van der Waals surface area contributed by atoms with Crippen LogP contribution in [0.3, 0.4) is 0 Å². The van der Waals surface area contributed by atoms with E-state index in [0.717, 1.165) is 4.31 Å². The Bertz CT molecular complexity index is 700. The molecule has 1 saturated heterocycles. The number of ether oxygens (including phenoxy) is 2. The highest BCUT2D eigenvalue weighted by Gasteiger charge is 2.38. The number of piperidine rings is 1. The Morgan fingerprint density at radius 1 is 1.22 bits per heavy atom. The van der Waals surface area contributed by atoms with Gasteiger partial charge in [0.25, 0.3) is 0 Å².